The fourth-order valence-electron chi connectivity index (χ4n) is 9.60. The van der Waals surface area contributed by atoms with Crippen molar-refractivity contribution in [3.8, 4) is 0 Å². The maximum atomic E-state index is 12.4. The molecule has 4 saturated carbocycles. The SMILES string of the molecule is CC/C=C\CCCCOC(CCCCCCCN(CCO)CCCCCCC(=O)OCCC12CC3CC(CC(C3)C1)C2)OCCCC/C=C\CC. The summed E-state index contributed by atoms with van der Waals surface area (Å²) in [7, 11) is 0. The lowest BCUT2D eigenvalue weighted by Gasteiger charge is -2.57. The first-order chi connectivity index (χ1) is 25.1. The minimum atomic E-state index is -0.0656. The summed E-state index contributed by atoms with van der Waals surface area (Å²) in [4.78, 5) is 14.8. The normalized spacial score (nSPS) is 22.8. The zero-order valence-corrected chi connectivity index (χ0v) is 33.5. The van der Waals surface area contributed by atoms with Crippen LogP contribution < -0.4 is 0 Å². The Kier molecular flexibility index (Phi) is 24.5. The van der Waals surface area contributed by atoms with E-state index in [9.17, 15) is 9.90 Å². The second kappa shape index (κ2) is 28.3. The molecule has 0 amide bonds. The van der Waals surface area contributed by atoms with Crippen molar-refractivity contribution in [2.75, 3.05) is 46.1 Å². The highest BCUT2D eigenvalue weighted by molar-refractivity contribution is 5.69. The lowest BCUT2D eigenvalue weighted by Crippen LogP contribution is -2.46. The number of hydrogen-bond acceptors (Lipinski definition) is 6. The number of carbonyl (C=O) groups excluding carboxylic acids is 1. The number of aliphatic hydroxyl groups is 1. The number of esters is 1. The Balaban J connectivity index is 1.16. The van der Waals surface area contributed by atoms with Gasteiger partial charge in [-0.2, -0.15) is 0 Å². The Morgan fingerprint density at radius 3 is 1.75 bits per heavy atom. The van der Waals surface area contributed by atoms with Gasteiger partial charge in [0.2, 0.25) is 0 Å². The van der Waals surface area contributed by atoms with Crippen LogP contribution in [0.15, 0.2) is 24.3 Å². The van der Waals surface area contributed by atoms with E-state index in [2.05, 4.69) is 43.1 Å². The number of rotatable bonds is 34. The topological polar surface area (TPSA) is 68.2 Å². The third kappa shape index (κ3) is 20.2. The van der Waals surface area contributed by atoms with Gasteiger partial charge in [-0.1, -0.05) is 70.3 Å². The molecule has 296 valence electrons. The maximum Gasteiger partial charge on any atom is 0.305 e. The summed E-state index contributed by atoms with van der Waals surface area (Å²) >= 11 is 0. The molecule has 4 aliphatic carbocycles. The Morgan fingerprint density at radius 1 is 0.667 bits per heavy atom. The minimum Gasteiger partial charge on any atom is -0.466 e. The van der Waals surface area contributed by atoms with Crippen LogP contribution in [0, 0.1) is 23.2 Å². The fraction of sp³-hybridized carbons (Fsp3) is 0.889. The van der Waals surface area contributed by atoms with Gasteiger partial charge in [-0.15, -0.1) is 0 Å². The van der Waals surface area contributed by atoms with Crippen LogP contribution in [0.2, 0.25) is 0 Å². The van der Waals surface area contributed by atoms with Gasteiger partial charge in [0.1, 0.15) is 0 Å². The van der Waals surface area contributed by atoms with Crippen LogP contribution in [0.5, 0.6) is 0 Å². The van der Waals surface area contributed by atoms with E-state index in [0.717, 1.165) is 134 Å². The second-order valence-corrected chi connectivity index (χ2v) is 16.6. The molecule has 0 aromatic carbocycles. The summed E-state index contributed by atoms with van der Waals surface area (Å²) in [5, 5.41) is 9.61. The van der Waals surface area contributed by atoms with Crippen molar-refractivity contribution in [2.45, 2.75) is 187 Å². The number of carbonyl (C=O) groups is 1. The monoisotopic (exact) mass is 716 g/mol. The van der Waals surface area contributed by atoms with Crippen molar-refractivity contribution in [2.24, 2.45) is 23.2 Å². The molecular formula is C45H81NO5. The van der Waals surface area contributed by atoms with E-state index in [1.54, 1.807) is 0 Å². The molecule has 6 heteroatoms. The lowest BCUT2D eigenvalue weighted by molar-refractivity contribution is -0.148. The van der Waals surface area contributed by atoms with Gasteiger partial charge in [0, 0.05) is 26.2 Å². The Morgan fingerprint density at radius 2 is 1.20 bits per heavy atom. The average Bonchev–Trinajstić information content (AvgIpc) is 3.10. The van der Waals surface area contributed by atoms with Gasteiger partial charge in [-0.3, -0.25) is 4.79 Å². The van der Waals surface area contributed by atoms with Crippen molar-refractivity contribution in [1.29, 1.82) is 0 Å². The van der Waals surface area contributed by atoms with Gasteiger partial charge >= 0.3 is 5.97 Å². The number of ether oxygens (including phenoxy) is 3. The van der Waals surface area contributed by atoms with E-state index in [4.69, 9.17) is 14.2 Å². The first-order valence-corrected chi connectivity index (χ1v) is 22.1. The molecular weight excluding hydrogens is 634 g/mol. The van der Waals surface area contributed by atoms with E-state index in [1.807, 2.05) is 0 Å². The van der Waals surface area contributed by atoms with Gasteiger partial charge in [-0.05, 0) is 165 Å². The van der Waals surface area contributed by atoms with Crippen LogP contribution >= 0.6 is 0 Å². The molecule has 0 radical (unpaired) electrons. The molecule has 4 fully saturated rings. The van der Waals surface area contributed by atoms with Gasteiger partial charge in [0.05, 0.1) is 13.2 Å². The third-order valence-electron chi connectivity index (χ3n) is 11.9. The summed E-state index contributed by atoms with van der Waals surface area (Å²) in [6, 6.07) is 0. The first-order valence-electron chi connectivity index (χ1n) is 22.1. The van der Waals surface area contributed by atoms with Gasteiger partial charge in [0.15, 0.2) is 6.29 Å². The molecule has 0 aromatic rings. The van der Waals surface area contributed by atoms with Crippen LogP contribution in [0.1, 0.15) is 181 Å². The highest BCUT2D eigenvalue weighted by Gasteiger charge is 2.50. The quantitative estimate of drug-likeness (QED) is 0.0310. The molecule has 6 nitrogen and oxygen atoms in total. The van der Waals surface area contributed by atoms with E-state index in [0.29, 0.717) is 18.4 Å². The number of allylic oxidation sites excluding steroid dienone is 4. The lowest BCUT2D eigenvalue weighted by atomic mass is 9.49. The van der Waals surface area contributed by atoms with Crippen molar-refractivity contribution >= 4 is 5.97 Å². The molecule has 0 heterocycles. The van der Waals surface area contributed by atoms with Crippen LogP contribution in [0.25, 0.3) is 0 Å². The smallest absolute Gasteiger partial charge is 0.305 e. The molecule has 0 saturated heterocycles. The van der Waals surface area contributed by atoms with E-state index >= 15 is 0 Å². The predicted octanol–water partition coefficient (Wildman–Crippen LogP) is 11.4. The second-order valence-electron chi connectivity index (χ2n) is 16.6. The van der Waals surface area contributed by atoms with Crippen LogP contribution in [-0.4, -0.2) is 68.3 Å². The molecule has 4 rings (SSSR count). The van der Waals surface area contributed by atoms with Crippen LogP contribution in [-0.2, 0) is 19.0 Å². The van der Waals surface area contributed by atoms with Crippen molar-refractivity contribution < 1.29 is 24.1 Å². The van der Waals surface area contributed by atoms with E-state index in [-0.39, 0.29) is 18.9 Å². The highest BCUT2D eigenvalue weighted by Crippen LogP contribution is 2.61. The van der Waals surface area contributed by atoms with E-state index < -0.39 is 0 Å². The molecule has 51 heavy (non-hydrogen) atoms. The highest BCUT2D eigenvalue weighted by atomic mass is 16.7. The Hall–Kier alpha value is -1.21. The van der Waals surface area contributed by atoms with Crippen molar-refractivity contribution in [3.63, 3.8) is 0 Å². The zero-order chi connectivity index (χ0) is 36.2. The molecule has 4 aliphatic rings. The minimum absolute atomic E-state index is 0.00858. The fourth-order valence-corrected chi connectivity index (χ4v) is 9.60. The molecule has 1 N–H and O–H groups in total. The number of hydrogen-bond donors (Lipinski definition) is 1. The summed E-state index contributed by atoms with van der Waals surface area (Å²) < 4.78 is 18.1. The molecule has 0 aliphatic heterocycles. The van der Waals surface area contributed by atoms with Crippen LogP contribution in [0.3, 0.4) is 0 Å². The molecule has 0 aromatic heterocycles. The molecule has 4 bridgehead atoms. The summed E-state index contributed by atoms with van der Waals surface area (Å²) in [5.41, 5.74) is 0.500. The van der Waals surface area contributed by atoms with Gasteiger partial charge < -0.3 is 24.2 Å². The maximum absolute atomic E-state index is 12.4. The summed E-state index contributed by atoms with van der Waals surface area (Å²) in [5.74, 6) is 2.90. The predicted molar refractivity (Wildman–Crippen MR) is 213 cm³/mol. The number of aliphatic hydroxyl groups excluding tert-OH is 1. The average molecular weight is 716 g/mol. The summed E-state index contributed by atoms with van der Waals surface area (Å²) in [6.45, 7) is 9.67. The Labute approximate surface area is 314 Å². The van der Waals surface area contributed by atoms with Crippen molar-refractivity contribution in [1.82, 2.24) is 4.90 Å². The standard InChI is InChI=1S/C45H81NO5/c1-3-5-7-9-16-22-31-50-44(51-32-23-17-10-8-6-4-2)25-19-12-11-14-20-27-46(29-30-47)28-21-15-13-18-24-43(48)49-33-26-45-37-40-34-41(38-45)36-42(35-40)39-45/h5-8,40-42,44,47H,3-4,9-39H2,1-2H3/b7-5-,8-6-. The number of nitrogens with zero attached hydrogens (tertiary/aromatic N) is 1. The Bertz CT molecular complexity index is 859. The van der Waals surface area contributed by atoms with Gasteiger partial charge in [-0.25, -0.2) is 0 Å². The van der Waals surface area contributed by atoms with Crippen molar-refractivity contribution in [3.05, 3.63) is 24.3 Å². The largest absolute Gasteiger partial charge is 0.466 e. The molecule has 0 spiro atoms. The van der Waals surface area contributed by atoms with Gasteiger partial charge in [0.25, 0.3) is 0 Å². The molecule has 0 atom stereocenters. The number of unbranched alkanes of at least 4 members (excludes halogenated alkanes) is 11. The van der Waals surface area contributed by atoms with E-state index in [1.165, 1.54) is 77.0 Å². The summed E-state index contributed by atoms with van der Waals surface area (Å²) in [6.07, 6.45) is 39.6. The first kappa shape index (κ1) is 44.2. The zero-order valence-electron chi connectivity index (χ0n) is 33.5. The van der Waals surface area contributed by atoms with Crippen LogP contribution in [0.4, 0.5) is 0 Å². The molecule has 0 unspecified atom stereocenters. The third-order valence-corrected chi connectivity index (χ3v) is 11.9.